The number of thioether (sulfide) groups is 1. The van der Waals surface area contributed by atoms with Crippen LogP contribution in [0.1, 0.15) is 17.4 Å². The summed E-state index contributed by atoms with van der Waals surface area (Å²) in [6.07, 6.45) is 0. The third kappa shape index (κ3) is 2.57. The first-order valence-electron chi connectivity index (χ1n) is 6.08. The SMILES string of the molecule is Cc1ccc(-c2noc(C3CSCC3N)n2)c(Br)c1. The maximum absolute atomic E-state index is 6.05. The number of nitrogens with two attached hydrogens (primary N) is 1. The second-order valence-corrected chi connectivity index (χ2v) is 6.68. The van der Waals surface area contributed by atoms with Gasteiger partial charge >= 0.3 is 0 Å². The third-order valence-corrected chi connectivity index (χ3v) is 5.12. The molecule has 1 aromatic carbocycles. The standard InChI is InChI=1S/C13H14BrN3OS/c1-7-2-3-8(10(14)4-7)12-16-13(18-17-12)9-5-19-6-11(9)15/h2-4,9,11H,5-6,15H2,1H3. The second-order valence-electron chi connectivity index (χ2n) is 4.75. The topological polar surface area (TPSA) is 64.9 Å². The van der Waals surface area contributed by atoms with E-state index in [0.29, 0.717) is 11.7 Å². The van der Waals surface area contributed by atoms with Gasteiger partial charge in [-0.25, -0.2) is 0 Å². The summed E-state index contributed by atoms with van der Waals surface area (Å²) in [6.45, 7) is 2.05. The fourth-order valence-electron chi connectivity index (χ4n) is 2.12. The Morgan fingerprint density at radius 3 is 2.95 bits per heavy atom. The Morgan fingerprint density at radius 2 is 2.26 bits per heavy atom. The molecule has 2 heterocycles. The molecule has 3 rings (SSSR count). The van der Waals surface area contributed by atoms with Crippen molar-refractivity contribution in [3.05, 3.63) is 34.1 Å². The molecular weight excluding hydrogens is 326 g/mol. The number of benzene rings is 1. The molecule has 1 aliphatic rings. The van der Waals surface area contributed by atoms with Crippen LogP contribution in [0.25, 0.3) is 11.4 Å². The van der Waals surface area contributed by atoms with Crippen LogP contribution >= 0.6 is 27.7 Å². The largest absolute Gasteiger partial charge is 0.339 e. The second kappa shape index (κ2) is 5.26. The van der Waals surface area contributed by atoms with E-state index in [4.69, 9.17) is 10.3 Å². The molecule has 0 radical (unpaired) electrons. The summed E-state index contributed by atoms with van der Waals surface area (Å²) in [5.41, 5.74) is 8.18. The molecule has 2 unspecified atom stereocenters. The highest BCUT2D eigenvalue weighted by Crippen LogP contribution is 2.33. The summed E-state index contributed by atoms with van der Waals surface area (Å²) >= 11 is 5.37. The Labute approximate surface area is 124 Å². The molecule has 2 aromatic rings. The number of nitrogens with zero attached hydrogens (tertiary/aromatic N) is 2. The van der Waals surface area contributed by atoms with E-state index in [1.165, 1.54) is 5.56 Å². The third-order valence-electron chi connectivity index (χ3n) is 3.25. The van der Waals surface area contributed by atoms with Crippen molar-refractivity contribution in [3.8, 4) is 11.4 Å². The molecule has 0 bridgehead atoms. The van der Waals surface area contributed by atoms with Crippen molar-refractivity contribution < 1.29 is 4.52 Å². The molecule has 4 nitrogen and oxygen atoms in total. The fourth-order valence-corrected chi connectivity index (χ4v) is 4.08. The molecule has 0 amide bonds. The number of halogens is 1. The Morgan fingerprint density at radius 1 is 1.42 bits per heavy atom. The lowest BCUT2D eigenvalue weighted by molar-refractivity contribution is 0.352. The molecule has 1 aromatic heterocycles. The smallest absolute Gasteiger partial charge is 0.232 e. The van der Waals surface area contributed by atoms with E-state index in [2.05, 4.69) is 26.1 Å². The van der Waals surface area contributed by atoms with Crippen LogP contribution in [0.4, 0.5) is 0 Å². The van der Waals surface area contributed by atoms with Gasteiger partial charge in [-0.1, -0.05) is 27.2 Å². The number of rotatable bonds is 2. The van der Waals surface area contributed by atoms with Crippen molar-refractivity contribution >= 4 is 27.7 Å². The van der Waals surface area contributed by atoms with Crippen LogP contribution in [0.3, 0.4) is 0 Å². The highest BCUT2D eigenvalue weighted by Gasteiger charge is 2.31. The number of aromatic nitrogens is 2. The quantitative estimate of drug-likeness (QED) is 0.911. The zero-order valence-electron chi connectivity index (χ0n) is 10.5. The van der Waals surface area contributed by atoms with Crippen LogP contribution in [0, 0.1) is 6.92 Å². The maximum Gasteiger partial charge on any atom is 0.232 e. The van der Waals surface area contributed by atoms with Gasteiger partial charge in [0.25, 0.3) is 0 Å². The van der Waals surface area contributed by atoms with Crippen LogP contribution < -0.4 is 5.73 Å². The number of hydrogen-bond donors (Lipinski definition) is 1. The van der Waals surface area contributed by atoms with E-state index in [-0.39, 0.29) is 12.0 Å². The first-order chi connectivity index (χ1) is 9.15. The van der Waals surface area contributed by atoms with Crippen molar-refractivity contribution in [2.45, 2.75) is 18.9 Å². The van der Waals surface area contributed by atoms with Crippen molar-refractivity contribution in [2.75, 3.05) is 11.5 Å². The van der Waals surface area contributed by atoms with E-state index in [9.17, 15) is 0 Å². The Bertz CT molecular complexity index is 601. The zero-order valence-corrected chi connectivity index (χ0v) is 12.9. The summed E-state index contributed by atoms with van der Waals surface area (Å²) in [4.78, 5) is 4.50. The highest BCUT2D eigenvalue weighted by molar-refractivity contribution is 9.10. The van der Waals surface area contributed by atoms with E-state index in [1.807, 2.05) is 36.9 Å². The van der Waals surface area contributed by atoms with Gasteiger partial charge in [-0.2, -0.15) is 16.7 Å². The molecule has 100 valence electrons. The average Bonchev–Trinajstić information content (AvgIpc) is 2.97. The van der Waals surface area contributed by atoms with E-state index in [1.54, 1.807) is 0 Å². The minimum absolute atomic E-state index is 0.111. The van der Waals surface area contributed by atoms with Crippen LogP contribution in [0.2, 0.25) is 0 Å². The molecule has 2 N–H and O–H groups in total. The monoisotopic (exact) mass is 339 g/mol. The van der Waals surface area contributed by atoms with Crippen LogP contribution in [-0.4, -0.2) is 27.7 Å². The van der Waals surface area contributed by atoms with Crippen molar-refractivity contribution in [1.29, 1.82) is 0 Å². The zero-order chi connectivity index (χ0) is 13.4. The molecule has 1 saturated heterocycles. The predicted molar refractivity (Wildman–Crippen MR) is 80.2 cm³/mol. The van der Waals surface area contributed by atoms with Crippen molar-refractivity contribution in [2.24, 2.45) is 5.73 Å². The fraction of sp³-hybridized carbons (Fsp3) is 0.385. The molecular formula is C13H14BrN3OS. The molecule has 0 saturated carbocycles. The van der Waals surface area contributed by atoms with Gasteiger partial charge in [0.15, 0.2) is 0 Å². The molecule has 0 spiro atoms. The van der Waals surface area contributed by atoms with E-state index < -0.39 is 0 Å². The van der Waals surface area contributed by atoms with Crippen LogP contribution in [-0.2, 0) is 0 Å². The lowest BCUT2D eigenvalue weighted by atomic mass is 10.1. The molecule has 1 fully saturated rings. The maximum atomic E-state index is 6.05. The molecule has 1 aliphatic heterocycles. The van der Waals surface area contributed by atoms with Gasteiger partial charge in [-0.05, 0) is 24.6 Å². The minimum Gasteiger partial charge on any atom is -0.339 e. The van der Waals surface area contributed by atoms with Gasteiger partial charge in [0.1, 0.15) is 0 Å². The Hall–Kier alpha value is -0.850. The lowest BCUT2D eigenvalue weighted by Gasteiger charge is -2.07. The number of hydrogen-bond acceptors (Lipinski definition) is 5. The summed E-state index contributed by atoms with van der Waals surface area (Å²) < 4.78 is 6.36. The summed E-state index contributed by atoms with van der Waals surface area (Å²) in [7, 11) is 0. The van der Waals surface area contributed by atoms with Gasteiger partial charge < -0.3 is 10.3 Å². The Balaban J connectivity index is 1.92. The van der Waals surface area contributed by atoms with Gasteiger partial charge in [0, 0.05) is 27.6 Å². The lowest BCUT2D eigenvalue weighted by Crippen LogP contribution is -2.26. The van der Waals surface area contributed by atoms with Gasteiger partial charge in [-0.3, -0.25) is 0 Å². The first kappa shape index (κ1) is 13.1. The summed E-state index contributed by atoms with van der Waals surface area (Å²) in [5, 5.41) is 4.08. The molecule has 19 heavy (non-hydrogen) atoms. The van der Waals surface area contributed by atoms with E-state index in [0.717, 1.165) is 21.5 Å². The van der Waals surface area contributed by atoms with Crippen molar-refractivity contribution in [3.63, 3.8) is 0 Å². The number of aryl methyl sites for hydroxylation is 1. The normalized spacial score (nSPS) is 22.9. The van der Waals surface area contributed by atoms with Crippen LogP contribution in [0.15, 0.2) is 27.2 Å². The molecule has 2 atom stereocenters. The van der Waals surface area contributed by atoms with Gasteiger partial charge in [0.2, 0.25) is 11.7 Å². The minimum atomic E-state index is 0.111. The first-order valence-corrected chi connectivity index (χ1v) is 8.03. The van der Waals surface area contributed by atoms with E-state index >= 15 is 0 Å². The molecule has 6 heteroatoms. The summed E-state index contributed by atoms with van der Waals surface area (Å²) in [5.74, 6) is 3.36. The van der Waals surface area contributed by atoms with Crippen molar-refractivity contribution in [1.82, 2.24) is 10.1 Å². The van der Waals surface area contributed by atoms with Gasteiger partial charge in [0.05, 0.1) is 5.92 Å². The van der Waals surface area contributed by atoms with Crippen LogP contribution in [0.5, 0.6) is 0 Å². The summed E-state index contributed by atoms with van der Waals surface area (Å²) in [6, 6.07) is 6.19. The van der Waals surface area contributed by atoms with Gasteiger partial charge in [-0.15, -0.1) is 0 Å². The predicted octanol–water partition coefficient (Wildman–Crippen LogP) is 2.97. The average molecular weight is 340 g/mol. The molecule has 0 aliphatic carbocycles. The highest BCUT2D eigenvalue weighted by atomic mass is 79.9. The Kier molecular flexibility index (Phi) is 3.64.